The first-order valence-corrected chi connectivity index (χ1v) is 13.5. The first-order valence-electron chi connectivity index (χ1n) is 12.0. The molecule has 36 heavy (non-hydrogen) atoms. The molecule has 0 saturated heterocycles. The summed E-state index contributed by atoms with van der Waals surface area (Å²) in [6.45, 7) is 2.21. The number of unbranched alkanes of at least 4 members (excludes halogenated alkanes) is 8. The summed E-state index contributed by atoms with van der Waals surface area (Å²) in [5.41, 5.74) is 0. The summed E-state index contributed by atoms with van der Waals surface area (Å²) in [6.07, 6.45) is 18.1. The number of hydrogen-bond donors (Lipinski definition) is 3. The quantitative estimate of drug-likeness (QED) is 0.0600. The summed E-state index contributed by atoms with van der Waals surface area (Å²) < 4.78 is 19.2. The normalized spacial score (nSPS) is 11.1. The molecule has 1 aromatic carbocycles. The Hall–Kier alpha value is 3.25. The van der Waals surface area contributed by atoms with Crippen LogP contribution in [-0.2, 0) is 14.1 Å². The third-order valence-corrected chi connectivity index (χ3v) is 5.36. The van der Waals surface area contributed by atoms with Gasteiger partial charge in [0.1, 0.15) is 5.75 Å². The number of phosphoric acid groups is 1. The van der Waals surface area contributed by atoms with E-state index in [-0.39, 0.29) is 176 Å². The second-order valence-electron chi connectivity index (χ2n) is 7.99. The minimum atomic E-state index is -4.39. The summed E-state index contributed by atoms with van der Waals surface area (Å²) in [6, 6.07) is 7.93. The molecule has 0 unspecified atom stereocenters. The van der Waals surface area contributed by atoms with Crippen LogP contribution in [0.2, 0.25) is 0 Å². The number of methoxy groups -OCH3 is 1. The SMILES string of the molecule is CCCCCC[C@@H](O)C/C=C\CCCCCCCC(=O)OC.O=P(O)(O)Oc1ccccc1.[H-].[H-].[H-].[K+].[K+].[K+]. The number of rotatable bonds is 17. The van der Waals surface area contributed by atoms with Crippen molar-refractivity contribution >= 4 is 13.8 Å². The molecule has 0 amide bonds. The Morgan fingerprint density at radius 2 is 1.53 bits per heavy atom. The van der Waals surface area contributed by atoms with Crippen molar-refractivity contribution in [2.75, 3.05) is 7.11 Å². The minimum Gasteiger partial charge on any atom is -1.00 e. The minimum absolute atomic E-state index is 0. The van der Waals surface area contributed by atoms with E-state index >= 15 is 0 Å². The number of aliphatic hydroxyl groups excluding tert-OH is 1. The third kappa shape index (κ3) is 35.3. The van der Waals surface area contributed by atoms with E-state index in [1.165, 1.54) is 57.8 Å². The Kier molecular flexibility index (Phi) is 42.1. The summed E-state index contributed by atoms with van der Waals surface area (Å²) in [5, 5.41) is 9.82. The van der Waals surface area contributed by atoms with Crippen LogP contribution < -0.4 is 159 Å². The number of aliphatic hydroxyl groups is 1. The van der Waals surface area contributed by atoms with E-state index < -0.39 is 7.82 Å². The monoisotopic (exact) mass is 606 g/mol. The predicted octanol–water partition coefficient (Wildman–Crippen LogP) is -2.32. The average Bonchev–Trinajstić information content (AvgIpc) is 2.77. The van der Waals surface area contributed by atoms with Crippen LogP contribution >= 0.6 is 7.82 Å². The summed E-state index contributed by atoms with van der Waals surface area (Å²) in [5.74, 6) is 0.0667. The Morgan fingerprint density at radius 3 is 2.11 bits per heavy atom. The van der Waals surface area contributed by atoms with Gasteiger partial charge in [-0.25, -0.2) is 4.57 Å². The molecule has 1 atom stereocenters. The van der Waals surface area contributed by atoms with Gasteiger partial charge in [-0.3, -0.25) is 14.6 Å². The largest absolute Gasteiger partial charge is 1.00 e. The van der Waals surface area contributed by atoms with E-state index in [1.807, 2.05) is 0 Å². The van der Waals surface area contributed by atoms with E-state index in [0.29, 0.717) is 6.42 Å². The average molecular weight is 607 g/mol. The van der Waals surface area contributed by atoms with Crippen molar-refractivity contribution in [2.45, 2.75) is 96.5 Å². The van der Waals surface area contributed by atoms with Gasteiger partial charge < -0.3 is 18.6 Å². The van der Waals surface area contributed by atoms with E-state index in [4.69, 9.17) is 9.79 Å². The van der Waals surface area contributed by atoms with Crippen molar-refractivity contribution in [1.29, 1.82) is 0 Å². The second kappa shape index (κ2) is 32.8. The fraction of sp³-hybridized carbons (Fsp3) is 0.640. The van der Waals surface area contributed by atoms with Crippen LogP contribution in [0.1, 0.15) is 94.7 Å². The molecule has 7 nitrogen and oxygen atoms in total. The number of carbonyl (C=O) groups excluding carboxylic acids is 1. The van der Waals surface area contributed by atoms with Crippen molar-refractivity contribution in [3.05, 3.63) is 42.5 Å². The van der Waals surface area contributed by atoms with Gasteiger partial charge >= 0.3 is 168 Å². The molecule has 0 bridgehead atoms. The molecule has 0 heterocycles. The molecule has 0 saturated carbocycles. The van der Waals surface area contributed by atoms with Crippen molar-refractivity contribution in [3.8, 4) is 5.75 Å². The number of esters is 1. The van der Waals surface area contributed by atoms with E-state index in [9.17, 15) is 14.5 Å². The molecule has 0 spiro atoms. The van der Waals surface area contributed by atoms with E-state index in [2.05, 4.69) is 28.3 Å². The standard InChI is InChI=1S/C19H36O3.C6H7O4P.3K.3H/c1-3-4-5-12-15-18(20)16-13-10-8-6-7-9-11-14-17-19(21)22-2;7-11(8,9)10-6-4-2-1-3-5-6;;;;;;/h10,13,18,20H,3-9,11-12,14-17H2,1-2H3;1-5H,(H2,7,8,9);;;;;;/q;;3*+1;3*-1/b13-10-;;;;;;;/t18-;;;;;;;/m1......./s1. The predicted molar refractivity (Wildman–Crippen MR) is 135 cm³/mol. The molecule has 1 aromatic rings. The zero-order valence-electron chi connectivity index (χ0n) is 26.2. The van der Waals surface area contributed by atoms with Gasteiger partial charge in [-0.05, 0) is 44.2 Å². The van der Waals surface area contributed by atoms with Gasteiger partial charge in [0, 0.05) is 6.42 Å². The van der Waals surface area contributed by atoms with Gasteiger partial charge in [-0.2, -0.15) is 0 Å². The van der Waals surface area contributed by atoms with Gasteiger partial charge in [0.15, 0.2) is 0 Å². The van der Waals surface area contributed by atoms with Gasteiger partial charge in [-0.1, -0.05) is 82.2 Å². The molecule has 11 heteroatoms. The number of benzene rings is 1. The fourth-order valence-corrected chi connectivity index (χ4v) is 3.47. The molecular weight excluding hydrogens is 561 g/mol. The van der Waals surface area contributed by atoms with Crippen LogP contribution in [0.5, 0.6) is 5.75 Å². The van der Waals surface area contributed by atoms with Crippen molar-refractivity contribution in [3.63, 3.8) is 0 Å². The molecule has 196 valence electrons. The number of para-hydroxylation sites is 1. The van der Waals surface area contributed by atoms with Gasteiger partial charge in [0.2, 0.25) is 0 Å². The molecule has 0 aliphatic heterocycles. The molecular formula is C25H46K3O7P. The molecule has 3 N–H and O–H groups in total. The number of allylic oxidation sites excluding steroid dienone is 1. The topological polar surface area (TPSA) is 113 Å². The first kappa shape index (κ1) is 46.2. The zero-order valence-corrected chi connectivity index (χ0v) is 33.5. The van der Waals surface area contributed by atoms with Gasteiger partial charge in [0.25, 0.3) is 0 Å². The second-order valence-corrected chi connectivity index (χ2v) is 9.15. The van der Waals surface area contributed by atoms with E-state index in [0.717, 1.165) is 38.5 Å². The van der Waals surface area contributed by atoms with Crippen LogP contribution in [-0.4, -0.2) is 34.1 Å². The summed E-state index contributed by atoms with van der Waals surface area (Å²) in [4.78, 5) is 27.6. The maximum absolute atomic E-state index is 10.9. The Labute approximate surface area is 350 Å². The maximum Gasteiger partial charge on any atom is 1.00 e. The summed E-state index contributed by atoms with van der Waals surface area (Å²) >= 11 is 0. The number of ether oxygens (including phenoxy) is 1. The molecule has 0 fully saturated rings. The van der Waals surface area contributed by atoms with Crippen molar-refractivity contribution < 1.29 is 192 Å². The number of carbonyl (C=O) groups is 1. The Balaban J connectivity index is -0.000000104. The molecule has 1 rings (SSSR count). The van der Waals surface area contributed by atoms with Crippen LogP contribution in [0.4, 0.5) is 0 Å². The van der Waals surface area contributed by atoms with Crippen molar-refractivity contribution in [1.82, 2.24) is 0 Å². The first-order chi connectivity index (χ1) is 15.8. The van der Waals surface area contributed by atoms with Gasteiger partial charge in [-0.15, -0.1) is 0 Å². The molecule has 0 radical (unpaired) electrons. The van der Waals surface area contributed by atoms with Crippen LogP contribution in [0.15, 0.2) is 42.5 Å². The Morgan fingerprint density at radius 1 is 0.944 bits per heavy atom. The van der Waals surface area contributed by atoms with Crippen LogP contribution in [0.25, 0.3) is 0 Å². The molecule has 0 aromatic heterocycles. The number of phosphoric ester groups is 1. The third-order valence-electron chi connectivity index (χ3n) is 4.91. The Bertz CT molecular complexity index is 688. The number of hydrogen-bond acceptors (Lipinski definition) is 5. The van der Waals surface area contributed by atoms with Crippen molar-refractivity contribution in [2.24, 2.45) is 0 Å². The zero-order chi connectivity index (χ0) is 24.8. The van der Waals surface area contributed by atoms with Gasteiger partial charge in [0.05, 0.1) is 13.2 Å². The van der Waals surface area contributed by atoms with E-state index in [1.54, 1.807) is 18.2 Å². The fourth-order valence-electron chi connectivity index (χ4n) is 3.08. The van der Waals surface area contributed by atoms with Crippen LogP contribution in [0.3, 0.4) is 0 Å². The molecule has 0 aliphatic carbocycles. The maximum atomic E-state index is 10.9. The molecule has 0 aliphatic rings. The van der Waals surface area contributed by atoms with Crippen LogP contribution in [0, 0.1) is 0 Å². The summed E-state index contributed by atoms with van der Waals surface area (Å²) in [7, 11) is -2.95. The smallest absolute Gasteiger partial charge is 1.00 e.